The third-order valence-electron chi connectivity index (χ3n) is 5.89. The van der Waals surface area contributed by atoms with Gasteiger partial charge in [0, 0.05) is 43.1 Å². The van der Waals surface area contributed by atoms with Crippen molar-refractivity contribution in [2.45, 2.75) is 65.1 Å². The van der Waals surface area contributed by atoms with Crippen LogP contribution in [0.3, 0.4) is 0 Å². The van der Waals surface area contributed by atoms with Crippen LogP contribution in [0.4, 0.5) is 5.69 Å². The summed E-state index contributed by atoms with van der Waals surface area (Å²) >= 11 is 0. The molecule has 0 radical (unpaired) electrons. The lowest BCUT2D eigenvalue weighted by Gasteiger charge is -2.35. The molecule has 2 fully saturated rings. The zero-order chi connectivity index (χ0) is 19.9. The SMILES string of the molecule is CC(C)(C)C(=O)N1CCCC(C(=O)Nc2ccc3c(c2)OC2(CCCC2)O3)C1. The maximum Gasteiger partial charge on any atom is 0.251 e. The van der Waals surface area contributed by atoms with Gasteiger partial charge in [-0.2, -0.15) is 0 Å². The summed E-state index contributed by atoms with van der Waals surface area (Å²) in [5.41, 5.74) is 0.285. The van der Waals surface area contributed by atoms with E-state index in [0.29, 0.717) is 18.0 Å². The minimum Gasteiger partial charge on any atom is -0.448 e. The molecule has 0 bridgehead atoms. The highest BCUT2D eigenvalue weighted by molar-refractivity contribution is 5.93. The Hall–Kier alpha value is -2.24. The van der Waals surface area contributed by atoms with Gasteiger partial charge >= 0.3 is 0 Å². The van der Waals surface area contributed by atoms with Gasteiger partial charge in [-0.15, -0.1) is 0 Å². The number of piperidine rings is 1. The molecular weight excluding hydrogens is 356 g/mol. The largest absolute Gasteiger partial charge is 0.448 e. The molecule has 6 nitrogen and oxygen atoms in total. The van der Waals surface area contributed by atoms with E-state index in [9.17, 15) is 9.59 Å². The van der Waals surface area contributed by atoms with Crippen LogP contribution in [-0.2, 0) is 9.59 Å². The van der Waals surface area contributed by atoms with Gasteiger partial charge in [0.15, 0.2) is 11.5 Å². The Kier molecular flexibility index (Phi) is 4.76. The molecule has 1 saturated carbocycles. The molecule has 1 aliphatic carbocycles. The second kappa shape index (κ2) is 6.98. The van der Waals surface area contributed by atoms with Crippen molar-refractivity contribution in [2.75, 3.05) is 18.4 Å². The first-order valence-corrected chi connectivity index (χ1v) is 10.4. The van der Waals surface area contributed by atoms with Gasteiger partial charge in [0.1, 0.15) is 0 Å². The zero-order valence-corrected chi connectivity index (χ0v) is 17.0. The fourth-order valence-corrected chi connectivity index (χ4v) is 4.38. The van der Waals surface area contributed by atoms with E-state index in [2.05, 4.69) is 5.32 Å². The van der Waals surface area contributed by atoms with Crippen LogP contribution in [-0.4, -0.2) is 35.6 Å². The van der Waals surface area contributed by atoms with Crippen LogP contribution in [0, 0.1) is 11.3 Å². The smallest absolute Gasteiger partial charge is 0.251 e. The summed E-state index contributed by atoms with van der Waals surface area (Å²) < 4.78 is 12.1. The molecule has 6 heteroatoms. The molecule has 3 aliphatic rings. The second-order valence-electron chi connectivity index (χ2n) is 9.31. The van der Waals surface area contributed by atoms with E-state index < -0.39 is 11.2 Å². The Morgan fingerprint density at radius 1 is 1.11 bits per heavy atom. The molecule has 1 N–H and O–H groups in total. The number of hydrogen-bond acceptors (Lipinski definition) is 4. The van der Waals surface area contributed by atoms with Gasteiger partial charge < -0.3 is 19.7 Å². The van der Waals surface area contributed by atoms with Crippen molar-refractivity contribution in [3.05, 3.63) is 18.2 Å². The number of fused-ring (bicyclic) bond motifs is 1. The Balaban J connectivity index is 1.40. The van der Waals surface area contributed by atoms with Crippen molar-refractivity contribution < 1.29 is 19.1 Å². The number of carbonyl (C=O) groups is 2. The summed E-state index contributed by atoms with van der Waals surface area (Å²) in [5.74, 6) is 0.831. The summed E-state index contributed by atoms with van der Waals surface area (Å²) in [6, 6.07) is 5.57. The van der Waals surface area contributed by atoms with Gasteiger partial charge in [-0.25, -0.2) is 0 Å². The number of nitrogens with one attached hydrogen (secondary N) is 1. The predicted octanol–water partition coefficient (Wildman–Crippen LogP) is 3.95. The molecule has 0 aromatic heterocycles. The first-order valence-electron chi connectivity index (χ1n) is 10.4. The monoisotopic (exact) mass is 386 g/mol. The summed E-state index contributed by atoms with van der Waals surface area (Å²) in [6.07, 6.45) is 5.69. The zero-order valence-electron chi connectivity index (χ0n) is 17.0. The number of amides is 2. The van der Waals surface area contributed by atoms with Crippen molar-refractivity contribution in [3.63, 3.8) is 0 Å². The molecule has 28 heavy (non-hydrogen) atoms. The molecule has 1 aromatic rings. The predicted molar refractivity (Wildman–Crippen MR) is 106 cm³/mol. The first-order chi connectivity index (χ1) is 13.3. The molecule has 2 heterocycles. The average molecular weight is 386 g/mol. The Morgan fingerprint density at radius 2 is 1.82 bits per heavy atom. The van der Waals surface area contributed by atoms with Gasteiger partial charge in [0.05, 0.1) is 5.92 Å². The molecule has 2 amide bonds. The van der Waals surface area contributed by atoms with E-state index in [1.165, 1.54) is 0 Å². The summed E-state index contributed by atoms with van der Waals surface area (Å²) in [7, 11) is 0. The molecule has 1 aromatic carbocycles. The van der Waals surface area contributed by atoms with Crippen LogP contribution in [0.2, 0.25) is 0 Å². The number of hydrogen-bond donors (Lipinski definition) is 1. The molecule has 152 valence electrons. The van der Waals surface area contributed by atoms with E-state index in [-0.39, 0.29) is 17.7 Å². The van der Waals surface area contributed by atoms with E-state index in [0.717, 1.165) is 50.8 Å². The van der Waals surface area contributed by atoms with E-state index in [1.54, 1.807) is 0 Å². The maximum absolute atomic E-state index is 12.8. The quantitative estimate of drug-likeness (QED) is 0.836. The number of rotatable bonds is 2. The normalized spacial score (nSPS) is 23.1. The lowest BCUT2D eigenvalue weighted by Crippen LogP contribution is -2.47. The highest BCUT2D eigenvalue weighted by Gasteiger charge is 2.44. The summed E-state index contributed by atoms with van der Waals surface area (Å²) in [6.45, 7) is 6.97. The molecule has 1 saturated heterocycles. The van der Waals surface area contributed by atoms with E-state index in [1.807, 2.05) is 43.9 Å². The van der Waals surface area contributed by atoms with Crippen molar-refractivity contribution in [1.29, 1.82) is 0 Å². The van der Waals surface area contributed by atoms with E-state index >= 15 is 0 Å². The summed E-state index contributed by atoms with van der Waals surface area (Å²) in [4.78, 5) is 27.2. The highest BCUT2D eigenvalue weighted by atomic mass is 16.7. The van der Waals surface area contributed by atoms with Crippen LogP contribution in [0.5, 0.6) is 11.5 Å². The molecule has 1 atom stereocenters. The van der Waals surface area contributed by atoms with Crippen molar-refractivity contribution >= 4 is 17.5 Å². The first kappa shape index (κ1) is 19.1. The standard InChI is InChI=1S/C22H30N2O4/c1-21(2,3)20(26)24-12-6-7-15(14-24)19(25)23-16-8-9-17-18(13-16)28-22(27-17)10-4-5-11-22/h8-9,13,15H,4-7,10-12,14H2,1-3H3,(H,23,25). The lowest BCUT2D eigenvalue weighted by molar-refractivity contribution is -0.142. The van der Waals surface area contributed by atoms with Crippen LogP contribution in [0.15, 0.2) is 18.2 Å². The molecule has 2 aliphatic heterocycles. The van der Waals surface area contributed by atoms with E-state index in [4.69, 9.17) is 9.47 Å². The Morgan fingerprint density at radius 3 is 2.54 bits per heavy atom. The van der Waals surface area contributed by atoms with Crippen LogP contribution in [0.25, 0.3) is 0 Å². The number of ether oxygens (including phenoxy) is 2. The second-order valence-corrected chi connectivity index (χ2v) is 9.31. The Labute approximate surface area is 166 Å². The Bertz CT molecular complexity index is 777. The number of likely N-dealkylation sites (tertiary alicyclic amines) is 1. The molecule has 4 rings (SSSR count). The highest BCUT2D eigenvalue weighted by Crippen LogP contribution is 2.47. The van der Waals surface area contributed by atoms with Crippen molar-refractivity contribution in [1.82, 2.24) is 4.90 Å². The topological polar surface area (TPSA) is 67.9 Å². The van der Waals surface area contributed by atoms with Crippen LogP contribution < -0.4 is 14.8 Å². The van der Waals surface area contributed by atoms with Crippen LogP contribution >= 0.6 is 0 Å². The number of anilines is 1. The summed E-state index contributed by atoms with van der Waals surface area (Å²) in [5, 5.41) is 3.01. The van der Waals surface area contributed by atoms with Gasteiger partial charge in [-0.1, -0.05) is 20.8 Å². The third kappa shape index (κ3) is 3.69. The van der Waals surface area contributed by atoms with Crippen molar-refractivity contribution in [3.8, 4) is 11.5 Å². The van der Waals surface area contributed by atoms with Crippen molar-refractivity contribution in [2.24, 2.45) is 11.3 Å². The fourth-order valence-electron chi connectivity index (χ4n) is 4.38. The minimum absolute atomic E-state index is 0.0409. The fraction of sp³-hybridized carbons (Fsp3) is 0.636. The van der Waals surface area contributed by atoms with Gasteiger partial charge in [0.25, 0.3) is 5.79 Å². The van der Waals surface area contributed by atoms with Gasteiger partial charge in [-0.3, -0.25) is 9.59 Å². The lowest BCUT2D eigenvalue weighted by atomic mass is 9.91. The van der Waals surface area contributed by atoms with Gasteiger partial charge in [0.2, 0.25) is 11.8 Å². The average Bonchev–Trinajstić information content (AvgIpc) is 3.26. The number of benzene rings is 1. The molecular formula is C22H30N2O4. The molecule has 1 spiro atoms. The molecule has 1 unspecified atom stereocenters. The maximum atomic E-state index is 12.8. The van der Waals surface area contributed by atoms with Gasteiger partial charge in [-0.05, 0) is 37.8 Å². The van der Waals surface area contributed by atoms with Crippen LogP contribution in [0.1, 0.15) is 59.3 Å². The number of carbonyl (C=O) groups excluding carboxylic acids is 2. The number of nitrogens with zero attached hydrogens (tertiary/aromatic N) is 1. The third-order valence-corrected chi connectivity index (χ3v) is 5.89. The minimum atomic E-state index is -0.498.